The summed E-state index contributed by atoms with van der Waals surface area (Å²) in [4.78, 5) is 15.0. The molecule has 0 unspecified atom stereocenters. The molecule has 0 spiro atoms. The third-order valence-corrected chi connectivity index (χ3v) is 5.94. The van der Waals surface area contributed by atoms with Crippen LogP contribution >= 0.6 is 0 Å². The molecule has 1 fully saturated rings. The lowest BCUT2D eigenvalue weighted by Gasteiger charge is -2.34. The molecule has 1 saturated carbocycles. The largest absolute Gasteiger partial charge is 0.328 e. The lowest BCUT2D eigenvalue weighted by molar-refractivity contribution is 0.0654. The average molecular weight is 387 g/mol. The summed E-state index contributed by atoms with van der Waals surface area (Å²) in [5, 5.41) is 16.9. The topological polar surface area (TPSA) is 108 Å². The Morgan fingerprint density at radius 3 is 2.68 bits per heavy atom. The van der Waals surface area contributed by atoms with Crippen molar-refractivity contribution in [2.24, 2.45) is 11.7 Å². The predicted molar refractivity (Wildman–Crippen MR) is 103 cm³/mol. The van der Waals surface area contributed by atoms with Crippen LogP contribution in [0.5, 0.6) is 0 Å². The van der Waals surface area contributed by atoms with Gasteiger partial charge in [0.05, 0.1) is 24.8 Å². The zero-order valence-electron chi connectivity index (χ0n) is 17.0. The molecule has 0 aromatic carbocycles. The minimum absolute atomic E-state index is 0.0839. The molecule has 3 heterocycles. The lowest BCUT2D eigenvalue weighted by Crippen LogP contribution is -2.42. The Balaban J connectivity index is 1.51. The highest BCUT2D eigenvalue weighted by Gasteiger charge is 2.32. The molecule has 0 saturated heterocycles. The molecule has 2 aromatic rings. The molecule has 1 aliphatic heterocycles. The van der Waals surface area contributed by atoms with E-state index in [-0.39, 0.29) is 24.0 Å². The van der Waals surface area contributed by atoms with Gasteiger partial charge >= 0.3 is 0 Å². The molecule has 9 heteroatoms. The Labute approximate surface area is 165 Å². The zero-order chi connectivity index (χ0) is 19.8. The SMILES string of the molecule is Cc1nnc2n1[C@@H](CC(C)C)CN(C(=O)c1cn(C3CCC(N)CC3)nn1)C2. The van der Waals surface area contributed by atoms with Crippen molar-refractivity contribution in [3.05, 3.63) is 23.5 Å². The molecule has 2 N–H and O–H groups in total. The van der Waals surface area contributed by atoms with Gasteiger partial charge in [-0.25, -0.2) is 4.68 Å². The highest BCUT2D eigenvalue weighted by Crippen LogP contribution is 2.29. The van der Waals surface area contributed by atoms with Crippen molar-refractivity contribution in [2.75, 3.05) is 6.54 Å². The summed E-state index contributed by atoms with van der Waals surface area (Å²) < 4.78 is 4.03. The third kappa shape index (κ3) is 3.67. The number of carbonyl (C=O) groups excluding carboxylic acids is 1. The number of nitrogens with zero attached hydrogens (tertiary/aromatic N) is 7. The van der Waals surface area contributed by atoms with E-state index in [0.717, 1.165) is 43.8 Å². The normalized spacial score (nSPS) is 25.2. The van der Waals surface area contributed by atoms with Crippen molar-refractivity contribution >= 4 is 5.91 Å². The van der Waals surface area contributed by atoms with Gasteiger partial charge in [-0.2, -0.15) is 0 Å². The molecular formula is C19H30N8O. The van der Waals surface area contributed by atoms with Crippen LogP contribution in [-0.4, -0.2) is 53.2 Å². The van der Waals surface area contributed by atoms with Crippen LogP contribution in [0.4, 0.5) is 0 Å². The molecule has 28 heavy (non-hydrogen) atoms. The Kier molecular flexibility index (Phi) is 5.18. The van der Waals surface area contributed by atoms with E-state index in [2.05, 4.69) is 38.9 Å². The number of hydrogen-bond acceptors (Lipinski definition) is 6. The third-order valence-electron chi connectivity index (χ3n) is 5.94. The fourth-order valence-corrected chi connectivity index (χ4v) is 4.53. The van der Waals surface area contributed by atoms with Gasteiger partial charge in [0.2, 0.25) is 0 Å². The van der Waals surface area contributed by atoms with Crippen molar-refractivity contribution in [1.82, 2.24) is 34.7 Å². The van der Waals surface area contributed by atoms with Crippen molar-refractivity contribution in [1.29, 1.82) is 0 Å². The number of aromatic nitrogens is 6. The summed E-state index contributed by atoms with van der Waals surface area (Å²) >= 11 is 0. The van der Waals surface area contributed by atoms with Crippen LogP contribution in [0.25, 0.3) is 0 Å². The number of amides is 1. The molecule has 1 atom stereocenters. The van der Waals surface area contributed by atoms with Gasteiger partial charge in [0.1, 0.15) is 5.82 Å². The van der Waals surface area contributed by atoms with Gasteiger partial charge in [-0.3, -0.25) is 4.79 Å². The summed E-state index contributed by atoms with van der Waals surface area (Å²) in [5.41, 5.74) is 6.40. The highest BCUT2D eigenvalue weighted by molar-refractivity contribution is 5.92. The van der Waals surface area contributed by atoms with Crippen molar-refractivity contribution in [3.63, 3.8) is 0 Å². The Morgan fingerprint density at radius 1 is 1.21 bits per heavy atom. The van der Waals surface area contributed by atoms with E-state index in [1.807, 2.05) is 16.5 Å². The summed E-state index contributed by atoms with van der Waals surface area (Å²) in [6, 6.07) is 0.764. The van der Waals surface area contributed by atoms with E-state index in [0.29, 0.717) is 24.7 Å². The van der Waals surface area contributed by atoms with E-state index in [4.69, 9.17) is 5.73 Å². The second kappa shape index (κ2) is 7.62. The van der Waals surface area contributed by atoms with E-state index in [1.165, 1.54) is 0 Å². The maximum Gasteiger partial charge on any atom is 0.276 e. The van der Waals surface area contributed by atoms with Crippen LogP contribution in [0.2, 0.25) is 0 Å². The first-order chi connectivity index (χ1) is 13.4. The van der Waals surface area contributed by atoms with Gasteiger partial charge in [0.15, 0.2) is 11.5 Å². The number of fused-ring (bicyclic) bond motifs is 1. The summed E-state index contributed by atoms with van der Waals surface area (Å²) in [6.07, 6.45) is 6.73. The van der Waals surface area contributed by atoms with E-state index >= 15 is 0 Å². The zero-order valence-corrected chi connectivity index (χ0v) is 17.0. The number of nitrogens with two attached hydrogens (primary N) is 1. The molecule has 0 radical (unpaired) electrons. The Morgan fingerprint density at radius 2 is 1.96 bits per heavy atom. The van der Waals surface area contributed by atoms with Gasteiger partial charge in [-0.15, -0.1) is 15.3 Å². The first-order valence-electron chi connectivity index (χ1n) is 10.3. The maximum atomic E-state index is 13.1. The Bertz CT molecular complexity index is 833. The van der Waals surface area contributed by atoms with Gasteiger partial charge in [-0.05, 0) is 44.9 Å². The average Bonchev–Trinajstić information content (AvgIpc) is 3.29. The highest BCUT2D eigenvalue weighted by atomic mass is 16.2. The number of aryl methyl sites for hydroxylation is 1. The van der Waals surface area contributed by atoms with Crippen LogP contribution in [0.3, 0.4) is 0 Å². The Hall–Kier alpha value is -2.29. The van der Waals surface area contributed by atoms with E-state index in [1.54, 1.807) is 6.20 Å². The molecule has 2 aromatic heterocycles. The van der Waals surface area contributed by atoms with Gasteiger partial charge in [0, 0.05) is 12.6 Å². The molecular weight excluding hydrogens is 356 g/mol. The van der Waals surface area contributed by atoms with Crippen molar-refractivity contribution < 1.29 is 4.79 Å². The molecule has 0 bridgehead atoms. The summed E-state index contributed by atoms with van der Waals surface area (Å²) in [5.74, 6) is 2.19. The molecule has 9 nitrogen and oxygen atoms in total. The van der Waals surface area contributed by atoms with Gasteiger partial charge in [0.25, 0.3) is 5.91 Å². The predicted octanol–water partition coefficient (Wildman–Crippen LogP) is 1.86. The minimum Gasteiger partial charge on any atom is -0.328 e. The molecule has 2 aliphatic rings. The number of hydrogen-bond donors (Lipinski definition) is 1. The first-order valence-corrected chi connectivity index (χ1v) is 10.3. The van der Waals surface area contributed by atoms with Gasteiger partial charge < -0.3 is 15.2 Å². The van der Waals surface area contributed by atoms with Crippen LogP contribution in [0, 0.1) is 12.8 Å². The quantitative estimate of drug-likeness (QED) is 0.859. The van der Waals surface area contributed by atoms with Crippen LogP contribution < -0.4 is 5.73 Å². The van der Waals surface area contributed by atoms with E-state index < -0.39 is 0 Å². The molecule has 1 aliphatic carbocycles. The standard InChI is InChI=1S/C19H30N8O/c1-12(2)8-16-9-25(11-18-23-21-13(3)27(16)18)19(28)17-10-26(24-22-17)15-6-4-14(20)5-7-15/h10,12,14-16H,4-9,11,20H2,1-3H3/t14?,15?,16-/m0/s1. The lowest BCUT2D eigenvalue weighted by atomic mass is 9.92. The fourth-order valence-electron chi connectivity index (χ4n) is 4.53. The van der Waals surface area contributed by atoms with Crippen LogP contribution in [-0.2, 0) is 6.54 Å². The van der Waals surface area contributed by atoms with Crippen molar-refractivity contribution in [3.8, 4) is 0 Å². The number of carbonyl (C=O) groups is 1. The molecule has 152 valence electrons. The maximum absolute atomic E-state index is 13.1. The summed E-state index contributed by atoms with van der Waals surface area (Å²) in [7, 11) is 0. The molecule has 4 rings (SSSR count). The van der Waals surface area contributed by atoms with E-state index in [9.17, 15) is 4.79 Å². The fraction of sp³-hybridized carbons (Fsp3) is 0.737. The van der Waals surface area contributed by atoms with Crippen molar-refractivity contribution in [2.45, 2.75) is 77.5 Å². The van der Waals surface area contributed by atoms with Crippen LogP contribution in [0.15, 0.2) is 6.20 Å². The molecule has 1 amide bonds. The second-order valence-corrected chi connectivity index (χ2v) is 8.65. The first kappa shape index (κ1) is 19.0. The second-order valence-electron chi connectivity index (χ2n) is 8.65. The number of rotatable bonds is 4. The minimum atomic E-state index is -0.0839. The summed E-state index contributed by atoms with van der Waals surface area (Å²) in [6.45, 7) is 7.47. The van der Waals surface area contributed by atoms with Crippen LogP contribution in [0.1, 0.15) is 80.2 Å². The smallest absolute Gasteiger partial charge is 0.276 e. The monoisotopic (exact) mass is 386 g/mol. The van der Waals surface area contributed by atoms with Gasteiger partial charge in [-0.1, -0.05) is 19.1 Å².